The monoisotopic (exact) mass is 328 g/mol. The first-order valence-electron chi connectivity index (χ1n) is 6.16. The number of aromatic nitrogens is 1. The summed E-state index contributed by atoms with van der Waals surface area (Å²) in [5.74, 6) is -1.75. The summed E-state index contributed by atoms with van der Waals surface area (Å²) in [6, 6.07) is 6.40. The highest BCUT2D eigenvalue weighted by Gasteiger charge is 2.13. The van der Waals surface area contributed by atoms with Gasteiger partial charge in [-0.1, -0.05) is 0 Å². The van der Waals surface area contributed by atoms with E-state index in [1.807, 2.05) is 0 Å². The van der Waals surface area contributed by atoms with E-state index in [-0.39, 0.29) is 5.82 Å². The Bertz CT molecular complexity index is 764. The fourth-order valence-corrected chi connectivity index (χ4v) is 2.06. The first kappa shape index (κ1) is 16.1. The van der Waals surface area contributed by atoms with Gasteiger partial charge in [-0.15, -0.1) is 0 Å². The van der Waals surface area contributed by atoms with Crippen molar-refractivity contribution in [3.05, 3.63) is 48.2 Å². The van der Waals surface area contributed by atoms with E-state index in [9.17, 15) is 17.2 Å². The molecule has 0 radical (unpaired) electrons. The number of hydrogen-bond donors (Lipinski definition) is 2. The SMILES string of the molecule is CN(C)S(=O)(=O)Nc1ccc(Nc2ccc(F)c(F)c2)cn1. The lowest BCUT2D eigenvalue weighted by Crippen LogP contribution is -2.29. The van der Waals surface area contributed by atoms with E-state index in [2.05, 4.69) is 15.0 Å². The van der Waals surface area contributed by atoms with Crippen LogP contribution in [0.4, 0.5) is 26.0 Å². The summed E-state index contributed by atoms with van der Waals surface area (Å²) in [5.41, 5.74) is 0.848. The molecule has 1 heterocycles. The summed E-state index contributed by atoms with van der Waals surface area (Å²) < 4.78 is 52.5. The van der Waals surface area contributed by atoms with E-state index >= 15 is 0 Å². The second-order valence-electron chi connectivity index (χ2n) is 4.58. The van der Waals surface area contributed by atoms with Crippen molar-refractivity contribution in [3.63, 3.8) is 0 Å². The zero-order valence-corrected chi connectivity index (χ0v) is 12.7. The second kappa shape index (κ2) is 6.24. The molecule has 0 unspecified atom stereocenters. The molecule has 0 saturated carbocycles. The van der Waals surface area contributed by atoms with Gasteiger partial charge < -0.3 is 5.32 Å². The Kier molecular flexibility index (Phi) is 4.57. The van der Waals surface area contributed by atoms with Crippen molar-refractivity contribution < 1.29 is 17.2 Å². The van der Waals surface area contributed by atoms with Crippen LogP contribution in [0.3, 0.4) is 0 Å². The summed E-state index contributed by atoms with van der Waals surface area (Å²) in [6.07, 6.45) is 1.37. The molecule has 0 aliphatic heterocycles. The van der Waals surface area contributed by atoms with Gasteiger partial charge >= 0.3 is 10.2 Å². The van der Waals surface area contributed by atoms with Crippen LogP contribution in [0.25, 0.3) is 0 Å². The van der Waals surface area contributed by atoms with Gasteiger partial charge in [-0.3, -0.25) is 4.72 Å². The number of hydrogen-bond acceptors (Lipinski definition) is 4. The molecule has 0 saturated heterocycles. The van der Waals surface area contributed by atoms with Gasteiger partial charge in [0.2, 0.25) is 0 Å². The molecule has 2 aromatic rings. The summed E-state index contributed by atoms with van der Waals surface area (Å²) >= 11 is 0. The van der Waals surface area contributed by atoms with Gasteiger partial charge in [0.1, 0.15) is 5.82 Å². The molecule has 0 bridgehead atoms. The molecule has 0 aliphatic rings. The minimum absolute atomic E-state index is 0.143. The van der Waals surface area contributed by atoms with E-state index in [1.54, 1.807) is 6.07 Å². The third-order valence-corrected chi connectivity index (χ3v) is 4.11. The quantitative estimate of drug-likeness (QED) is 0.883. The standard InChI is InChI=1S/C13H14F2N4O2S/c1-19(2)22(20,21)18-13-6-4-10(8-16-13)17-9-3-5-11(14)12(15)7-9/h3-8,17H,1-2H3,(H,16,18). The minimum Gasteiger partial charge on any atom is -0.354 e. The van der Waals surface area contributed by atoms with E-state index in [4.69, 9.17) is 0 Å². The third kappa shape index (κ3) is 3.89. The molecule has 2 N–H and O–H groups in total. The molecular formula is C13H14F2N4O2S. The topological polar surface area (TPSA) is 74.3 Å². The molecule has 1 aromatic carbocycles. The highest BCUT2D eigenvalue weighted by molar-refractivity contribution is 7.90. The fourth-order valence-electron chi connectivity index (χ4n) is 1.49. The number of nitrogens with zero attached hydrogens (tertiary/aromatic N) is 2. The van der Waals surface area contributed by atoms with Crippen LogP contribution in [-0.2, 0) is 10.2 Å². The van der Waals surface area contributed by atoms with Gasteiger partial charge in [0.15, 0.2) is 11.6 Å². The number of rotatable bonds is 5. The molecule has 22 heavy (non-hydrogen) atoms. The molecular weight excluding hydrogens is 314 g/mol. The molecule has 6 nitrogen and oxygen atoms in total. The number of nitrogens with one attached hydrogen (secondary N) is 2. The summed E-state index contributed by atoms with van der Waals surface area (Å²) in [7, 11) is -0.844. The minimum atomic E-state index is -3.62. The molecule has 9 heteroatoms. The van der Waals surface area contributed by atoms with Crippen LogP contribution >= 0.6 is 0 Å². The van der Waals surface area contributed by atoms with E-state index in [0.717, 1.165) is 16.4 Å². The van der Waals surface area contributed by atoms with Crippen LogP contribution in [-0.4, -0.2) is 31.8 Å². The van der Waals surface area contributed by atoms with Crippen molar-refractivity contribution in [2.75, 3.05) is 24.1 Å². The zero-order valence-electron chi connectivity index (χ0n) is 11.8. The molecule has 0 aliphatic carbocycles. The average Bonchev–Trinajstić information content (AvgIpc) is 2.44. The largest absolute Gasteiger partial charge is 0.354 e. The molecule has 2 rings (SSSR count). The lowest BCUT2D eigenvalue weighted by molar-refractivity contribution is 0.509. The third-order valence-electron chi connectivity index (χ3n) is 2.69. The van der Waals surface area contributed by atoms with Crippen molar-refractivity contribution in [1.29, 1.82) is 0 Å². The number of benzene rings is 1. The Hall–Kier alpha value is -2.26. The van der Waals surface area contributed by atoms with Gasteiger partial charge in [0.25, 0.3) is 0 Å². The van der Waals surface area contributed by atoms with Gasteiger partial charge in [-0.05, 0) is 24.3 Å². The van der Waals surface area contributed by atoms with Crippen LogP contribution in [0.5, 0.6) is 0 Å². The normalized spacial score (nSPS) is 11.5. The number of anilines is 3. The van der Waals surface area contributed by atoms with Crippen LogP contribution < -0.4 is 10.0 Å². The van der Waals surface area contributed by atoms with E-state index in [1.165, 1.54) is 32.4 Å². The predicted molar refractivity (Wildman–Crippen MR) is 80.1 cm³/mol. The van der Waals surface area contributed by atoms with Gasteiger partial charge in [0, 0.05) is 25.8 Å². The van der Waals surface area contributed by atoms with Gasteiger partial charge in [0.05, 0.1) is 11.9 Å². The Morgan fingerprint density at radius 2 is 1.73 bits per heavy atom. The Balaban J connectivity index is 2.10. The maximum absolute atomic E-state index is 13.1. The van der Waals surface area contributed by atoms with E-state index < -0.39 is 21.8 Å². The van der Waals surface area contributed by atoms with Crippen LogP contribution in [0.15, 0.2) is 36.5 Å². The Morgan fingerprint density at radius 3 is 2.27 bits per heavy atom. The molecule has 118 valence electrons. The highest BCUT2D eigenvalue weighted by Crippen LogP contribution is 2.19. The Morgan fingerprint density at radius 1 is 1.05 bits per heavy atom. The number of pyridine rings is 1. The highest BCUT2D eigenvalue weighted by atomic mass is 32.2. The van der Waals surface area contributed by atoms with Crippen LogP contribution in [0.1, 0.15) is 0 Å². The molecule has 0 amide bonds. The van der Waals surface area contributed by atoms with Crippen molar-refractivity contribution in [2.24, 2.45) is 0 Å². The average molecular weight is 328 g/mol. The molecule has 1 aromatic heterocycles. The lowest BCUT2D eigenvalue weighted by atomic mass is 10.3. The molecule has 0 fully saturated rings. The van der Waals surface area contributed by atoms with Crippen molar-refractivity contribution in [1.82, 2.24) is 9.29 Å². The maximum atomic E-state index is 13.1. The number of halogens is 2. The van der Waals surface area contributed by atoms with Crippen molar-refractivity contribution >= 4 is 27.4 Å². The Labute approximate surface area is 127 Å². The first-order chi connectivity index (χ1) is 10.3. The predicted octanol–water partition coefficient (Wildman–Crippen LogP) is 2.32. The molecule has 0 spiro atoms. The maximum Gasteiger partial charge on any atom is 0.302 e. The fraction of sp³-hybridized carbons (Fsp3) is 0.154. The van der Waals surface area contributed by atoms with Gasteiger partial charge in [-0.25, -0.2) is 13.8 Å². The van der Waals surface area contributed by atoms with Crippen molar-refractivity contribution in [2.45, 2.75) is 0 Å². The lowest BCUT2D eigenvalue weighted by Gasteiger charge is -2.13. The van der Waals surface area contributed by atoms with Crippen LogP contribution in [0.2, 0.25) is 0 Å². The first-order valence-corrected chi connectivity index (χ1v) is 7.60. The summed E-state index contributed by atoms with van der Waals surface area (Å²) in [6.45, 7) is 0. The molecule has 0 atom stereocenters. The van der Waals surface area contributed by atoms with Gasteiger partial charge in [-0.2, -0.15) is 12.7 Å². The summed E-state index contributed by atoms with van der Waals surface area (Å²) in [4.78, 5) is 3.94. The second-order valence-corrected chi connectivity index (χ2v) is 6.46. The zero-order chi connectivity index (χ0) is 16.3. The summed E-state index contributed by atoms with van der Waals surface area (Å²) in [5, 5.41) is 2.83. The van der Waals surface area contributed by atoms with Crippen LogP contribution in [0, 0.1) is 11.6 Å². The smallest absolute Gasteiger partial charge is 0.302 e. The van der Waals surface area contributed by atoms with Crippen molar-refractivity contribution in [3.8, 4) is 0 Å². The van der Waals surface area contributed by atoms with E-state index in [0.29, 0.717) is 11.4 Å².